The molecule has 1 aromatic carbocycles. The molecule has 1 amide bonds. The molecule has 3 rings (SSSR count). The van der Waals surface area contributed by atoms with E-state index in [1.165, 1.54) is 10.9 Å². The van der Waals surface area contributed by atoms with Gasteiger partial charge in [-0.1, -0.05) is 18.2 Å². The third-order valence-electron chi connectivity index (χ3n) is 3.97. The number of benzene rings is 1. The molecule has 22 heavy (non-hydrogen) atoms. The van der Waals surface area contributed by atoms with Crippen LogP contribution in [0.25, 0.3) is 10.9 Å². The van der Waals surface area contributed by atoms with Gasteiger partial charge in [0, 0.05) is 30.1 Å². The van der Waals surface area contributed by atoms with E-state index in [1.807, 2.05) is 42.9 Å². The highest BCUT2D eigenvalue weighted by Crippen LogP contribution is 2.19. The molecule has 2 heterocycles. The van der Waals surface area contributed by atoms with Gasteiger partial charge in [0.2, 0.25) is 5.91 Å². The number of carbonyl (C=O) groups is 1. The van der Waals surface area contributed by atoms with Crippen LogP contribution in [0.4, 0.5) is 5.69 Å². The lowest BCUT2D eigenvalue weighted by atomic mass is 10.1. The van der Waals surface area contributed by atoms with Gasteiger partial charge in [-0.25, -0.2) is 0 Å². The predicted molar refractivity (Wildman–Crippen MR) is 87.9 cm³/mol. The molecule has 2 aromatic heterocycles. The molecule has 114 valence electrons. The van der Waals surface area contributed by atoms with Crippen LogP contribution in [0, 0.1) is 6.92 Å². The van der Waals surface area contributed by atoms with E-state index < -0.39 is 0 Å². The highest BCUT2D eigenvalue weighted by Gasteiger charge is 2.10. The van der Waals surface area contributed by atoms with Gasteiger partial charge in [-0.05, 0) is 31.9 Å². The number of fused-ring (bicyclic) bond motifs is 1. The highest BCUT2D eigenvalue weighted by molar-refractivity contribution is 5.92. The van der Waals surface area contributed by atoms with Gasteiger partial charge in [-0.2, -0.15) is 5.10 Å². The molecule has 0 saturated carbocycles. The number of H-pyrrole nitrogens is 1. The average Bonchev–Trinajstić information content (AvgIpc) is 3.10. The lowest BCUT2D eigenvalue weighted by Crippen LogP contribution is -2.13. The summed E-state index contributed by atoms with van der Waals surface area (Å²) in [7, 11) is 0. The third-order valence-corrected chi connectivity index (χ3v) is 3.97. The number of hydrogen-bond acceptors (Lipinski definition) is 2. The van der Waals surface area contributed by atoms with Crippen molar-refractivity contribution < 1.29 is 4.79 Å². The van der Waals surface area contributed by atoms with Gasteiger partial charge < -0.3 is 10.3 Å². The van der Waals surface area contributed by atoms with Crippen molar-refractivity contribution in [2.75, 3.05) is 5.32 Å². The van der Waals surface area contributed by atoms with Crippen LogP contribution in [-0.2, 0) is 17.8 Å². The molecular weight excluding hydrogens is 276 g/mol. The number of aromatic amines is 1. The Morgan fingerprint density at radius 3 is 2.95 bits per heavy atom. The van der Waals surface area contributed by atoms with Crippen LogP contribution in [-0.4, -0.2) is 20.7 Å². The number of carbonyl (C=O) groups excluding carboxylic acids is 1. The SMILES string of the molecule is CCn1ncc(NC(=O)CCc2c[nH]c3ccccc23)c1C. The summed E-state index contributed by atoms with van der Waals surface area (Å²) in [5.74, 6) is 0.0176. The molecule has 0 saturated heterocycles. The van der Waals surface area contributed by atoms with E-state index in [-0.39, 0.29) is 5.91 Å². The minimum atomic E-state index is 0.0176. The summed E-state index contributed by atoms with van der Waals surface area (Å²) in [6.07, 6.45) is 4.87. The van der Waals surface area contributed by atoms with Crippen LogP contribution in [0.3, 0.4) is 0 Å². The minimum absolute atomic E-state index is 0.0176. The fourth-order valence-corrected chi connectivity index (χ4v) is 2.69. The fraction of sp³-hybridized carbons (Fsp3) is 0.294. The number of nitrogens with one attached hydrogen (secondary N) is 2. The Morgan fingerprint density at radius 1 is 1.36 bits per heavy atom. The molecule has 3 aromatic rings. The quantitative estimate of drug-likeness (QED) is 0.759. The van der Waals surface area contributed by atoms with Gasteiger partial charge in [-0.3, -0.25) is 9.48 Å². The van der Waals surface area contributed by atoms with Crippen molar-refractivity contribution in [3.8, 4) is 0 Å². The molecule has 0 aliphatic rings. The van der Waals surface area contributed by atoms with Crippen molar-refractivity contribution in [2.45, 2.75) is 33.2 Å². The summed E-state index contributed by atoms with van der Waals surface area (Å²) < 4.78 is 1.87. The zero-order valence-electron chi connectivity index (χ0n) is 12.9. The number of anilines is 1. The fourth-order valence-electron chi connectivity index (χ4n) is 2.69. The van der Waals surface area contributed by atoms with Crippen LogP contribution >= 0.6 is 0 Å². The zero-order chi connectivity index (χ0) is 15.5. The number of hydrogen-bond donors (Lipinski definition) is 2. The Balaban J connectivity index is 1.64. The number of amides is 1. The number of rotatable bonds is 5. The van der Waals surface area contributed by atoms with E-state index in [1.54, 1.807) is 6.20 Å². The van der Waals surface area contributed by atoms with Gasteiger partial charge in [-0.15, -0.1) is 0 Å². The van der Waals surface area contributed by atoms with E-state index in [0.717, 1.165) is 29.9 Å². The van der Waals surface area contributed by atoms with Crippen molar-refractivity contribution in [2.24, 2.45) is 0 Å². The molecule has 5 nitrogen and oxygen atoms in total. The Morgan fingerprint density at radius 2 is 2.18 bits per heavy atom. The van der Waals surface area contributed by atoms with Crippen LogP contribution in [0.5, 0.6) is 0 Å². The molecule has 0 aliphatic carbocycles. The molecule has 0 unspecified atom stereocenters. The van der Waals surface area contributed by atoms with E-state index in [2.05, 4.69) is 21.5 Å². The second-order valence-electron chi connectivity index (χ2n) is 5.37. The summed E-state index contributed by atoms with van der Waals surface area (Å²) >= 11 is 0. The molecule has 5 heteroatoms. The monoisotopic (exact) mass is 296 g/mol. The van der Waals surface area contributed by atoms with E-state index in [4.69, 9.17) is 0 Å². The average molecular weight is 296 g/mol. The zero-order valence-corrected chi connectivity index (χ0v) is 12.9. The Hall–Kier alpha value is -2.56. The number of nitrogens with zero attached hydrogens (tertiary/aromatic N) is 2. The van der Waals surface area contributed by atoms with Gasteiger partial charge >= 0.3 is 0 Å². The second kappa shape index (κ2) is 6.05. The van der Waals surface area contributed by atoms with Gasteiger partial charge in [0.1, 0.15) is 0 Å². The van der Waals surface area contributed by atoms with Crippen LogP contribution in [0.15, 0.2) is 36.7 Å². The van der Waals surface area contributed by atoms with Crippen LogP contribution < -0.4 is 5.32 Å². The predicted octanol–water partition coefficient (Wildman–Crippen LogP) is 3.26. The highest BCUT2D eigenvalue weighted by atomic mass is 16.1. The molecule has 0 aliphatic heterocycles. The Labute approximate surface area is 129 Å². The van der Waals surface area contributed by atoms with Crippen molar-refractivity contribution in [1.29, 1.82) is 0 Å². The number of aryl methyl sites for hydroxylation is 2. The summed E-state index contributed by atoms with van der Waals surface area (Å²) in [6, 6.07) is 8.14. The topological polar surface area (TPSA) is 62.7 Å². The first-order valence-corrected chi connectivity index (χ1v) is 7.56. The summed E-state index contributed by atoms with van der Waals surface area (Å²) in [4.78, 5) is 15.4. The molecule has 0 spiro atoms. The Kier molecular flexibility index (Phi) is 3.96. The normalized spacial score (nSPS) is 11.0. The maximum atomic E-state index is 12.1. The molecule has 0 atom stereocenters. The second-order valence-corrected chi connectivity index (χ2v) is 5.37. The summed E-state index contributed by atoms with van der Waals surface area (Å²) in [6.45, 7) is 4.80. The van der Waals surface area contributed by atoms with Crippen LogP contribution in [0.1, 0.15) is 24.6 Å². The van der Waals surface area contributed by atoms with Crippen LogP contribution in [0.2, 0.25) is 0 Å². The maximum absolute atomic E-state index is 12.1. The molecular formula is C17H20N4O. The van der Waals surface area contributed by atoms with Gasteiger partial charge in [0.25, 0.3) is 0 Å². The molecule has 0 radical (unpaired) electrons. The van der Waals surface area contributed by atoms with E-state index in [9.17, 15) is 4.79 Å². The standard InChI is InChI=1S/C17H20N4O/c1-3-21-12(2)16(11-19-21)20-17(22)9-8-13-10-18-15-7-5-4-6-14(13)15/h4-7,10-11,18H,3,8-9H2,1-2H3,(H,20,22). The summed E-state index contributed by atoms with van der Waals surface area (Å²) in [5.41, 5.74) is 4.07. The first-order chi connectivity index (χ1) is 10.7. The third kappa shape index (κ3) is 2.74. The Bertz CT molecular complexity index is 800. The smallest absolute Gasteiger partial charge is 0.224 e. The molecule has 0 fully saturated rings. The minimum Gasteiger partial charge on any atom is -0.361 e. The van der Waals surface area contributed by atoms with Crippen molar-refractivity contribution in [3.63, 3.8) is 0 Å². The lowest BCUT2D eigenvalue weighted by Gasteiger charge is -2.05. The largest absolute Gasteiger partial charge is 0.361 e. The van der Waals surface area contributed by atoms with E-state index >= 15 is 0 Å². The number of para-hydroxylation sites is 1. The van der Waals surface area contributed by atoms with Crippen molar-refractivity contribution >= 4 is 22.5 Å². The molecule has 0 bridgehead atoms. The van der Waals surface area contributed by atoms with Gasteiger partial charge in [0.05, 0.1) is 17.6 Å². The lowest BCUT2D eigenvalue weighted by molar-refractivity contribution is -0.116. The van der Waals surface area contributed by atoms with E-state index in [0.29, 0.717) is 6.42 Å². The number of aromatic nitrogens is 3. The van der Waals surface area contributed by atoms with Crippen molar-refractivity contribution in [1.82, 2.24) is 14.8 Å². The van der Waals surface area contributed by atoms with Gasteiger partial charge in [0.15, 0.2) is 0 Å². The maximum Gasteiger partial charge on any atom is 0.224 e. The molecule has 2 N–H and O–H groups in total. The first-order valence-electron chi connectivity index (χ1n) is 7.56. The van der Waals surface area contributed by atoms with Crippen molar-refractivity contribution in [3.05, 3.63) is 47.9 Å². The first kappa shape index (κ1) is 14.4. The summed E-state index contributed by atoms with van der Waals surface area (Å²) in [5, 5.41) is 8.36.